The Morgan fingerprint density at radius 1 is 1.18 bits per heavy atom. The summed E-state index contributed by atoms with van der Waals surface area (Å²) >= 11 is 0. The Kier molecular flexibility index (Phi) is 5.95. The van der Waals surface area contributed by atoms with Crippen LogP contribution in [0.4, 0.5) is 0 Å². The second kappa shape index (κ2) is 7.73. The molecule has 22 heavy (non-hydrogen) atoms. The largest absolute Gasteiger partial charge is 0.330 e. The number of rotatable bonds is 8. The third-order valence-electron chi connectivity index (χ3n) is 3.68. The van der Waals surface area contributed by atoms with Crippen molar-refractivity contribution < 1.29 is 0 Å². The van der Waals surface area contributed by atoms with Gasteiger partial charge in [-0.1, -0.05) is 40.5 Å². The molecule has 0 fully saturated rings. The zero-order chi connectivity index (χ0) is 16.1. The average molecular weight is 324 g/mol. The van der Waals surface area contributed by atoms with Gasteiger partial charge >= 0.3 is 5.69 Å². The summed E-state index contributed by atoms with van der Waals surface area (Å²) in [7, 11) is -0.189. The van der Waals surface area contributed by atoms with E-state index in [1.807, 2.05) is 4.57 Å². The zero-order valence-corrected chi connectivity index (χ0v) is 14.5. The summed E-state index contributed by atoms with van der Waals surface area (Å²) in [6.07, 6.45) is 8.09. The monoisotopic (exact) mass is 324 g/mol. The van der Waals surface area contributed by atoms with Crippen LogP contribution in [0.15, 0.2) is 15.9 Å². The van der Waals surface area contributed by atoms with Crippen molar-refractivity contribution in [1.82, 2.24) is 19.1 Å². The van der Waals surface area contributed by atoms with Gasteiger partial charge in [-0.25, -0.2) is 9.78 Å². The Balaban J connectivity index is 2.28. The maximum Gasteiger partial charge on any atom is 0.330 e. The highest BCUT2D eigenvalue weighted by atomic mass is 31.1. The number of aromatic nitrogens is 4. The van der Waals surface area contributed by atoms with Gasteiger partial charge in [0.1, 0.15) is 0 Å². The molecule has 122 valence electrons. The van der Waals surface area contributed by atoms with Crippen molar-refractivity contribution in [3.8, 4) is 0 Å². The number of hydrogen-bond acceptors (Lipinski definition) is 3. The Bertz CT molecular complexity index is 729. The van der Waals surface area contributed by atoms with E-state index in [0.717, 1.165) is 19.1 Å². The van der Waals surface area contributed by atoms with Crippen LogP contribution < -0.4 is 11.2 Å². The first-order valence-electron chi connectivity index (χ1n) is 7.87. The lowest BCUT2D eigenvalue weighted by Crippen LogP contribution is -2.31. The lowest BCUT2D eigenvalue weighted by Gasteiger charge is -2.09. The number of H-pyrrole nitrogens is 1. The molecule has 0 atom stereocenters. The standard InChI is InChI=1S/C15H25N4O2P/c1-4-5-6-7-8-9-19-13-12(14(20)17-15(19)21)18(10-16-13)11-22(2)3/h10H,4-9,11H2,1-3H3,(H,17,20,21). The van der Waals surface area contributed by atoms with Crippen molar-refractivity contribution in [3.63, 3.8) is 0 Å². The highest BCUT2D eigenvalue weighted by Gasteiger charge is 2.13. The summed E-state index contributed by atoms with van der Waals surface area (Å²) in [6, 6.07) is 0. The molecule has 2 heterocycles. The van der Waals surface area contributed by atoms with Crippen molar-refractivity contribution in [2.75, 3.05) is 13.3 Å². The molecule has 0 saturated heterocycles. The van der Waals surface area contributed by atoms with E-state index in [0.29, 0.717) is 17.7 Å². The van der Waals surface area contributed by atoms with Crippen LogP contribution in [-0.4, -0.2) is 32.4 Å². The van der Waals surface area contributed by atoms with Crippen LogP contribution in [0.1, 0.15) is 39.0 Å². The van der Waals surface area contributed by atoms with Crippen LogP contribution in [0.2, 0.25) is 0 Å². The number of hydrogen-bond donors (Lipinski definition) is 1. The van der Waals surface area contributed by atoms with E-state index in [2.05, 4.69) is 30.2 Å². The minimum absolute atomic E-state index is 0.189. The van der Waals surface area contributed by atoms with E-state index in [1.165, 1.54) is 19.3 Å². The molecule has 0 saturated carbocycles. The number of nitrogens with zero attached hydrogens (tertiary/aromatic N) is 3. The number of imidazole rings is 1. The second-order valence-corrected chi connectivity index (χ2v) is 8.37. The predicted octanol–water partition coefficient (Wildman–Crippen LogP) is 2.56. The fraction of sp³-hybridized carbons (Fsp3) is 0.667. The Labute approximate surface area is 131 Å². The first-order valence-corrected chi connectivity index (χ1v) is 10.3. The quantitative estimate of drug-likeness (QED) is 0.599. The van der Waals surface area contributed by atoms with Crippen molar-refractivity contribution in [1.29, 1.82) is 0 Å². The first-order chi connectivity index (χ1) is 10.5. The van der Waals surface area contributed by atoms with Gasteiger partial charge in [0, 0.05) is 12.8 Å². The lowest BCUT2D eigenvalue weighted by molar-refractivity contribution is 0.559. The van der Waals surface area contributed by atoms with E-state index >= 15 is 0 Å². The molecule has 0 aromatic carbocycles. The van der Waals surface area contributed by atoms with Crippen LogP contribution in [0, 0.1) is 0 Å². The predicted molar refractivity (Wildman–Crippen MR) is 92.1 cm³/mol. The van der Waals surface area contributed by atoms with Gasteiger partial charge in [0.2, 0.25) is 0 Å². The molecular weight excluding hydrogens is 299 g/mol. The van der Waals surface area contributed by atoms with Crippen molar-refractivity contribution in [3.05, 3.63) is 27.2 Å². The molecule has 0 bridgehead atoms. The number of unbranched alkanes of at least 4 members (excludes halogenated alkanes) is 4. The van der Waals surface area contributed by atoms with E-state index in [9.17, 15) is 9.59 Å². The summed E-state index contributed by atoms with van der Waals surface area (Å²) < 4.78 is 3.47. The molecule has 0 amide bonds. The van der Waals surface area contributed by atoms with Gasteiger partial charge in [0.05, 0.1) is 6.33 Å². The van der Waals surface area contributed by atoms with E-state index in [4.69, 9.17) is 0 Å². The first kappa shape index (κ1) is 16.9. The molecule has 0 unspecified atom stereocenters. The molecule has 7 heteroatoms. The van der Waals surface area contributed by atoms with Gasteiger partial charge in [-0.05, 0) is 19.8 Å². The lowest BCUT2D eigenvalue weighted by atomic mass is 10.1. The molecule has 0 aliphatic carbocycles. The molecule has 2 aromatic heterocycles. The third-order valence-corrected chi connectivity index (χ3v) is 4.55. The third kappa shape index (κ3) is 3.86. The maximum absolute atomic E-state index is 12.1. The second-order valence-electron chi connectivity index (χ2n) is 5.93. The molecule has 2 rings (SSSR count). The van der Waals surface area contributed by atoms with E-state index in [1.54, 1.807) is 10.9 Å². The number of nitrogens with one attached hydrogen (secondary N) is 1. The number of aromatic amines is 1. The highest BCUT2D eigenvalue weighted by molar-refractivity contribution is 7.54. The number of aryl methyl sites for hydroxylation is 1. The maximum atomic E-state index is 12.1. The fourth-order valence-corrected chi connectivity index (χ4v) is 3.44. The van der Waals surface area contributed by atoms with E-state index in [-0.39, 0.29) is 19.2 Å². The molecule has 2 aromatic rings. The molecule has 0 aliphatic heterocycles. The highest BCUT2D eigenvalue weighted by Crippen LogP contribution is 2.27. The van der Waals surface area contributed by atoms with E-state index < -0.39 is 0 Å². The molecule has 6 nitrogen and oxygen atoms in total. The minimum atomic E-state index is -0.353. The fourth-order valence-electron chi connectivity index (χ4n) is 2.61. The summed E-state index contributed by atoms with van der Waals surface area (Å²) in [6.45, 7) is 7.09. The zero-order valence-electron chi connectivity index (χ0n) is 13.6. The Morgan fingerprint density at radius 3 is 2.59 bits per heavy atom. The molecular formula is C15H25N4O2P. The van der Waals surface area contributed by atoms with Gasteiger partial charge in [0.25, 0.3) is 5.56 Å². The van der Waals surface area contributed by atoms with Crippen molar-refractivity contribution in [2.24, 2.45) is 0 Å². The van der Waals surface area contributed by atoms with Gasteiger partial charge in [-0.15, -0.1) is 0 Å². The summed E-state index contributed by atoms with van der Waals surface area (Å²) in [5.74, 6) is 0. The Morgan fingerprint density at radius 2 is 1.91 bits per heavy atom. The summed E-state index contributed by atoms with van der Waals surface area (Å²) in [4.78, 5) is 30.9. The van der Waals surface area contributed by atoms with Crippen molar-refractivity contribution in [2.45, 2.75) is 51.9 Å². The molecule has 0 aliphatic rings. The minimum Gasteiger partial charge on any atom is -0.320 e. The Hall–Kier alpha value is -1.42. The van der Waals surface area contributed by atoms with Crippen LogP contribution in [0.3, 0.4) is 0 Å². The SMILES string of the molecule is CCCCCCCn1c(=O)[nH]c(=O)c2c1ncn2CP(C)C. The summed E-state index contributed by atoms with van der Waals surface area (Å²) in [5.41, 5.74) is 0.343. The molecule has 0 radical (unpaired) electrons. The smallest absolute Gasteiger partial charge is 0.320 e. The summed E-state index contributed by atoms with van der Waals surface area (Å²) in [5, 5.41) is 0. The molecule has 0 spiro atoms. The van der Waals surface area contributed by atoms with Crippen LogP contribution in [-0.2, 0) is 12.8 Å². The van der Waals surface area contributed by atoms with Crippen LogP contribution >= 0.6 is 7.92 Å². The van der Waals surface area contributed by atoms with Gasteiger partial charge in [-0.3, -0.25) is 14.3 Å². The van der Waals surface area contributed by atoms with Crippen LogP contribution in [0.5, 0.6) is 0 Å². The van der Waals surface area contributed by atoms with Gasteiger partial charge in [0.15, 0.2) is 11.2 Å². The topological polar surface area (TPSA) is 72.7 Å². The number of fused-ring (bicyclic) bond motifs is 1. The average Bonchev–Trinajstić information content (AvgIpc) is 2.85. The van der Waals surface area contributed by atoms with Gasteiger partial charge in [-0.2, -0.15) is 0 Å². The van der Waals surface area contributed by atoms with Gasteiger partial charge < -0.3 is 4.57 Å². The van der Waals surface area contributed by atoms with Crippen molar-refractivity contribution >= 4 is 19.1 Å². The molecule has 1 N–H and O–H groups in total. The van der Waals surface area contributed by atoms with Crippen LogP contribution in [0.25, 0.3) is 11.2 Å². The normalized spacial score (nSPS) is 11.6.